The minimum absolute atomic E-state index is 0.300. The number of nitrogens with zero attached hydrogens (tertiary/aromatic N) is 2. The Morgan fingerprint density at radius 3 is 2.81 bits per heavy atom. The second-order valence-corrected chi connectivity index (χ2v) is 6.80. The van der Waals surface area contributed by atoms with E-state index in [1.165, 1.54) is 18.9 Å². The van der Waals surface area contributed by atoms with Gasteiger partial charge in [0.15, 0.2) is 0 Å². The number of esters is 1. The number of ether oxygens (including phenoxy) is 1. The first kappa shape index (κ1) is 18.3. The maximum Gasteiger partial charge on any atom is 0.337 e. The SMILES string of the molecule is COC(=O)C1=CC2=NC(CSCC(O)c3ccccc3)=NC(=O)C2C=C1. The molecule has 1 aliphatic heterocycles. The summed E-state index contributed by atoms with van der Waals surface area (Å²) in [5, 5.41) is 10.2. The number of hydrogen-bond donors (Lipinski definition) is 1. The van der Waals surface area contributed by atoms with Crippen molar-refractivity contribution in [1.29, 1.82) is 0 Å². The Hall–Kier alpha value is -2.51. The predicted octanol–water partition coefficient (Wildman–Crippen LogP) is 2.12. The van der Waals surface area contributed by atoms with E-state index in [4.69, 9.17) is 4.74 Å². The van der Waals surface area contributed by atoms with Gasteiger partial charge in [-0.15, -0.1) is 0 Å². The van der Waals surface area contributed by atoms with E-state index in [9.17, 15) is 14.7 Å². The molecule has 0 saturated carbocycles. The second-order valence-electron chi connectivity index (χ2n) is 5.77. The molecule has 1 aliphatic carbocycles. The lowest BCUT2D eigenvalue weighted by molar-refractivity contribution is -0.135. The fraction of sp³-hybridized carbons (Fsp3) is 0.263. The Morgan fingerprint density at radius 2 is 2.08 bits per heavy atom. The zero-order valence-electron chi connectivity index (χ0n) is 14.2. The number of carbonyl (C=O) groups excluding carboxylic acids is 2. The fourth-order valence-electron chi connectivity index (χ4n) is 2.62. The molecule has 134 valence electrons. The molecule has 0 radical (unpaired) electrons. The van der Waals surface area contributed by atoms with Gasteiger partial charge in [0.05, 0.1) is 30.3 Å². The summed E-state index contributed by atoms with van der Waals surface area (Å²) in [5.74, 6) is -0.0646. The number of methoxy groups -OCH3 is 1. The van der Waals surface area contributed by atoms with Crippen LogP contribution in [0.2, 0.25) is 0 Å². The first-order valence-electron chi connectivity index (χ1n) is 8.07. The predicted molar refractivity (Wildman–Crippen MR) is 101 cm³/mol. The monoisotopic (exact) mass is 370 g/mol. The van der Waals surface area contributed by atoms with E-state index in [1.807, 2.05) is 30.3 Å². The summed E-state index contributed by atoms with van der Waals surface area (Å²) in [6.07, 6.45) is 4.13. The van der Waals surface area contributed by atoms with E-state index in [0.717, 1.165) is 5.56 Å². The summed E-state index contributed by atoms with van der Waals surface area (Å²) in [6, 6.07) is 9.38. The summed E-state index contributed by atoms with van der Waals surface area (Å²) in [6.45, 7) is 0. The molecule has 1 aromatic rings. The highest BCUT2D eigenvalue weighted by atomic mass is 32.2. The van der Waals surface area contributed by atoms with Crippen molar-refractivity contribution < 1.29 is 19.4 Å². The van der Waals surface area contributed by atoms with Gasteiger partial charge < -0.3 is 9.84 Å². The molecule has 1 N–H and O–H groups in total. The van der Waals surface area contributed by atoms with Gasteiger partial charge in [0, 0.05) is 5.75 Å². The molecule has 1 aromatic carbocycles. The van der Waals surface area contributed by atoms with Crippen LogP contribution >= 0.6 is 11.8 Å². The van der Waals surface area contributed by atoms with Crippen molar-refractivity contribution >= 4 is 35.2 Å². The van der Waals surface area contributed by atoms with Crippen LogP contribution < -0.4 is 0 Å². The molecule has 6 nitrogen and oxygen atoms in total. The molecule has 0 aromatic heterocycles. The van der Waals surface area contributed by atoms with E-state index < -0.39 is 18.0 Å². The van der Waals surface area contributed by atoms with Crippen LogP contribution in [-0.2, 0) is 14.3 Å². The van der Waals surface area contributed by atoms with Gasteiger partial charge in [-0.1, -0.05) is 42.5 Å². The number of amides is 1. The first-order chi connectivity index (χ1) is 12.6. The molecule has 1 heterocycles. The quantitative estimate of drug-likeness (QED) is 0.775. The van der Waals surface area contributed by atoms with Gasteiger partial charge in [0.25, 0.3) is 5.91 Å². The molecule has 2 unspecified atom stereocenters. The smallest absolute Gasteiger partial charge is 0.337 e. The van der Waals surface area contributed by atoms with Gasteiger partial charge in [0.2, 0.25) is 0 Å². The highest BCUT2D eigenvalue weighted by Crippen LogP contribution is 2.22. The van der Waals surface area contributed by atoms with Crippen molar-refractivity contribution in [3.8, 4) is 0 Å². The first-order valence-corrected chi connectivity index (χ1v) is 9.23. The van der Waals surface area contributed by atoms with Crippen molar-refractivity contribution in [2.75, 3.05) is 18.6 Å². The van der Waals surface area contributed by atoms with Crippen LogP contribution in [0.15, 0.2) is 64.1 Å². The van der Waals surface area contributed by atoms with E-state index in [2.05, 4.69) is 9.98 Å². The maximum atomic E-state index is 12.2. The van der Waals surface area contributed by atoms with Crippen LogP contribution in [-0.4, -0.2) is 47.1 Å². The molecular formula is C19H18N2O4S. The number of allylic oxidation sites excluding steroid dienone is 1. The molecule has 0 bridgehead atoms. The Bertz CT molecular complexity index is 827. The van der Waals surface area contributed by atoms with Crippen LogP contribution in [0.5, 0.6) is 0 Å². The summed E-state index contributed by atoms with van der Waals surface area (Å²) in [7, 11) is 1.30. The summed E-state index contributed by atoms with van der Waals surface area (Å²) >= 11 is 1.45. The number of aliphatic imine (C=N–C) groups is 2. The zero-order chi connectivity index (χ0) is 18.5. The van der Waals surface area contributed by atoms with Gasteiger partial charge in [-0.2, -0.15) is 16.8 Å². The third-order valence-corrected chi connectivity index (χ3v) is 4.98. The Balaban J connectivity index is 1.63. The third kappa shape index (κ3) is 4.17. The lowest BCUT2D eigenvalue weighted by atomic mass is 9.93. The largest absolute Gasteiger partial charge is 0.465 e. The van der Waals surface area contributed by atoms with Crippen LogP contribution in [0.25, 0.3) is 0 Å². The molecule has 7 heteroatoms. The molecule has 0 saturated heterocycles. The summed E-state index contributed by atoms with van der Waals surface area (Å²) < 4.78 is 4.70. The number of hydrogen-bond acceptors (Lipinski definition) is 6. The highest BCUT2D eigenvalue weighted by molar-refractivity contribution is 8.00. The van der Waals surface area contributed by atoms with Crippen LogP contribution in [0.3, 0.4) is 0 Å². The zero-order valence-corrected chi connectivity index (χ0v) is 15.0. The lowest BCUT2D eigenvalue weighted by Crippen LogP contribution is -2.29. The number of aliphatic hydroxyl groups excluding tert-OH is 1. The minimum Gasteiger partial charge on any atom is -0.465 e. The third-order valence-electron chi connectivity index (χ3n) is 3.97. The molecule has 2 aliphatic rings. The van der Waals surface area contributed by atoms with Gasteiger partial charge >= 0.3 is 5.97 Å². The van der Waals surface area contributed by atoms with E-state index in [0.29, 0.717) is 28.6 Å². The average Bonchev–Trinajstić information content (AvgIpc) is 2.67. The molecule has 0 fully saturated rings. The number of thioether (sulfide) groups is 1. The number of fused-ring (bicyclic) bond motifs is 1. The Kier molecular flexibility index (Phi) is 5.80. The van der Waals surface area contributed by atoms with Crippen LogP contribution in [0, 0.1) is 5.92 Å². The minimum atomic E-state index is -0.593. The second kappa shape index (κ2) is 8.25. The van der Waals surface area contributed by atoms with Gasteiger partial charge in [-0.3, -0.25) is 4.79 Å². The number of amidine groups is 1. The summed E-state index contributed by atoms with van der Waals surface area (Å²) in [4.78, 5) is 32.2. The van der Waals surface area contributed by atoms with Crippen molar-refractivity contribution in [2.24, 2.45) is 15.9 Å². The van der Waals surface area contributed by atoms with Gasteiger partial charge in [-0.25, -0.2) is 9.79 Å². The van der Waals surface area contributed by atoms with E-state index in [-0.39, 0.29) is 5.91 Å². The Morgan fingerprint density at radius 1 is 1.31 bits per heavy atom. The standard InChI is InChI=1S/C19H18N2O4S/c1-25-19(24)13-7-8-14-15(9-13)20-17(21-18(14)23)11-26-10-16(22)12-5-3-2-4-6-12/h2-9,14,16,22H,10-11H2,1H3. The van der Waals surface area contributed by atoms with Crippen molar-refractivity contribution in [2.45, 2.75) is 6.10 Å². The lowest BCUT2D eigenvalue weighted by Gasteiger charge is -2.19. The average molecular weight is 370 g/mol. The van der Waals surface area contributed by atoms with E-state index >= 15 is 0 Å². The number of aliphatic hydroxyl groups is 1. The van der Waals surface area contributed by atoms with Crippen molar-refractivity contribution in [3.63, 3.8) is 0 Å². The molecule has 1 amide bonds. The highest BCUT2D eigenvalue weighted by Gasteiger charge is 2.29. The van der Waals surface area contributed by atoms with Gasteiger partial charge in [0.1, 0.15) is 11.8 Å². The van der Waals surface area contributed by atoms with E-state index in [1.54, 1.807) is 18.2 Å². The number of rotatable bonds is 6. The topological polar surface area (TPSA) is 88.3 Å². The van der Waals surface area contributed by atoms with Crippen LogP contribution in [0.1, 0.15) is 11.7 Å². The molecular weight excluding hydrogens is 352 g/mol. The molecule has 26 heavy (non-hydrogen) atoms. The maximum absolute atomic E-state index is 12.2. The summed E-state index contributed by atoms with van der Waals surface area (Å²) in [5.41, 5.74) is 1.69. The number of carbonyl (C=O) groups is 2. The normalized spacial score (nSPS) is 19.8. The van der Waals surface area contributed by atoms with Crippen molar-refractivity contribution in [3.05, 3.63) is 59.7 Å². The van der Waals surface area contributed by atoms with Crippen molar-refractivity contribution in [1.82, 2.24) is 0 Å². The molecule has 0 spiro atoms. The number of benzene rings is 1. The van der Waals surface area contributed by atoms with Crippen LogP contribution in [0.4, 0.5) is 0 Å². The van der Waals surface area contributed by atoms with Gasteiger partial charge in [-0.05, 0) is 11.6 Å². The fourth-order valence-corrected chi connectivity index (χ4v) is 3.46. The Labute approximate surface area is 155 Å². The molecule has 3 rings (SSSR count). The molecule has 2 atom stereocenters.